The summed E-state index contributed by atoms with van der Waals surface area (Å²) in [5.41, 5.74) is 1.35. The fourth-order valence-electron chi connectivity index (χ4n) is 4.61. The number of hydrogen-bond acceptors (Lipinski definition) is 4. The molecule has 0 unspecified atom stereocenters. The Labute approximate surface area is 196 Å². The van der Waals surface area contributed by atoms with Gasteiger partial charge in [-0.1, -0.05) is 30.3 Å². The highest BCUT2D eigenvalue weighted by molar-refractivity contribution is 7.89. The number of hydrogen-bond donors (Lipinski definition) is 2. The van der Waals surface area contributed by atoms with Crippen LogP contribution in [0.25, 0.3) is 0 Å². The number of ether oxygens (including phenoxy) is 1. The van der Waals surface area contributed by atoms with Gasteiger partial charge in [0.1, 0.15) is 0 Å². The summed E-state index contributed by atoms with van der Waals surface area (Å²) in [5, 5.41) is 3.41. The van der Waals surface area contributed by atoms with Crippen LogP contribution in [-0.4, -0.2) is 32.7 Å². The number of anilines is 1. The van der Waals surface area contributed by atoms with Crippen molar-refractivity contribution in [2.75, 3.05) is 23.5 Å². The molecule has 0 amide bonds. The Kier molecular flexibility index (Phi) is 7.23. The number of benzene rings is 2. The second-order valence-corrected chi connectivity index (χ2v) is 10.8. The minimum atomic E-state index is -4.47. The van der Waals surface area contributed by atoms with Crippen LogP contribution in [0.1, 0.15) is 48.1 Å². The molecule has 0 aromatic heterocycles. The van der Waals surface area contributed by atoms with E-state index >= 15 is 0 Å². The number of nitrogens with one attached hydrogen (secondary N) is 2. The molecule has 0 saturated carbocycles. The molecule has 4 atom stereocenters. The molecule has 0 aliphatic carbocycles. The first-order valence-corrected chi connectivity index (χ1v) is 13.1. The van der Waals surface area contributed by atoms with Gasteiger partial charge in [-0.3, -0.25) is 0 Å². The number of alkyl halides is 4. The lowest BCUT2D eigenvalue weighted by Gasteiger charge is -2.46. The predicted molar refractivity (Wildman–Crippen MR) is 122 cm³/mol. The molecule has 33 heavy (non-hydrogen) atoms. The van der Waals surface area contributed by atoms with Crippen molar-refractivity contribution >= 4 is 27.3 Å². The maximum atomic E-state index is 13.4. The highest BCUT2D eigenvalue weighted by atomic mass is 35.5. The van der Waals surface area contributed by atoms with Gasteiger partial charge in [-0.2, -0.15) is 13.2 Å². The average Bonchev–Trinajstić information content (AvgIpc) is 2.80. The molecule has 2 aromatic carbocycles. The van der Waals surface area contributed by atoms with Gasteiger partial charge in [0.2, 0.25) is 10.0 Å². The quantitative estimate of drug-likeness (QED) is 0.507. The van der Waals surface area contributed by atoms with E-state index in [1.165, 1.54) is 6.07 Å². The monoisotopic (exact) mass is 502 g/mol. The smallest absolute Gasteiger partial charge is 0.378 e. The van der Waals surface area contributed by atoms with Crippen LogP contribution in [0.2, 0.25) is 0 Å². The highest BCUT2D eigenvalue weighted by Crippen LogP contribution is 2.51. The third-order valence-electron chi connectivity index (χ3n) is 6.21. The zero-order valence-electron chi connectivity index (χ0n) is 17.8. The lowest BCUT2D eigenvalue weighted by molar-refractivity contribution is -0.138. The Morgan fingerprint density at radius 2 is 1.88 bits per heavy atom. The SMILES string of the molecule is O=S(=O)(CCCCl)NC[C@H]1CC[C@@H]2[C@H](O1)c1cc(C(F)(F)F)ccc1N[C@H]2c1ccccc1. The maximum absolute atomic E-state index is 13.4. The van der Waals surface area contributed by atoms with Gasteiger partial charge >= 0.3 is 6.18 Å². The normalized spacial score (nSPS) is 25.1. The van der Waals surface area contributed by atoms with E-state index in [0.29, 0.717) is 30.5 Å². The summed E-state index contributed by atoms with van der Waals surface area (Å²) < 4.78 is 73.3. The van der Waals surface area contributed by atoms with E-state index in [1.54, 1.807) is 0 Å². The molecule has 180 valence electrons. The molecule has 2 heterocycles. The Hall–Kier alpha value is -1.81. The van der Waals surface area contributed by atoms with E-state index in [4.69, 9.17) is 16.3 Å². The van der Waals surface area contributed by atoms with Gasteiger partial charge in [0.25, 0.3) is 0 Å². The van der Waals surface area contributed by atoms with Crippen molar-refractivity contribution in [2.45, 2.75) is 43.7 Å². The van der Waals surface area contributed by atoms with Crippen LogP contribution in [0.3, 0.4) is 0 Å². The van der Waals surface area contributed by atoms with E-state index in [-0.39, 0.29) is 30.1 Å². The van der Waals surface area contributed by atoms with Crippen LogP contribution < -0.4 is 10.0 Å². The van der Waals surface area contributed by atoms with E-state index in [2.05, 4.69) is 10.0 Å². The molecule has 2 N–H and O–H groups in total. The van der Waals surface area contributed by atoms with E-state index in [9.17, 15) is 21.6 Å². The second kappa shape index (κ2) is 9.82. The van der Waals surface area contributed by atoms with Crippen molar-refractivity contribution < 1.29 is 26.3 Å². The van der Waals surface area contributed by atoms with Crippen molar-refractivity contribution in [1.82, 2.24) is 4.72 Å². The second-order valence-electron chi connectivity index (χ2n) is 8.46. The molecule has 0 bridgehead atoms. The minimum absolute atomic E-state index is 0.0750. The topological polar surface area (TPSA) is 67.4 Å². The Morgan fingerprint density at radius 1 is 1.12 bits per heavy atom. The Bertz CT molecular complexity index is 1070. The summed E-state index contributed by atoms with van der Waals surface area (Å²) in [4.78, 5) is 0. The summed E-state index contributed by atoms with van der Waals surface area (Å²) in [5.74, 6) is 0.0802. The van der Waals surface area contributed by atoms with E-state index < -0.39 is 34.0 Å². The lowest BCUT2D eigenvalue weighted by atomic mass is 9.76. The number of halogens is 4. The van der Waals surface area contributed by atoms with Crippen molar-refractivity contribution in [3.63, 3.8) is 0 Å². The van der Waals surface area contributed by atoms with Crippen LogP contribution in [0.5, 0.6) is 0 Å². The van der Waals surface area contributed by atoms with Gasteiger partial charge in [0.05, 0.1) is 29.6 Å². The lowest BCUT2D eigenvalue weighted by Crippen LogP contribution is -2.43. The Balaban J connectivity index is 1.60. The van der Waals surface area contributed by atoms with Gasteiger partial charge in [0, 0.05) is 29.6 Å². The summed E-state index contributed by atoms with van der Waals surface area (Å²) in [6, 6.07) is 13.3. The standard InChI is InChI=1S/C23H26ClF3N2O3S/c24-11-4-12-33(30,31)28-14-17-8-9-18-21(15-5-2-1-3-6-15)29-20-10-7-16(23(25,26)27)13-19(20)22(18)32-17/h1-3,5-7,10,13,17-18,21-22,28-29H,4,8-9,11-12,14H2/t17-,18+,21+,22+/m1/s1. The fourth-order valence-corrected chi connectivity index (χ4v) is 6.01. The first kappa shape index (κ1) is 24.3. The van der Waals surface area contributed by atoms with Crippen LogP contribution in [0.15, 0.2) is 48.5 Å². The highest BCUT2D eigenvalue weighted by Gasteiger charge is 2.43. The molecule has 1 fully saturated rings. The molecule has 5 nitrogen and oxygen atoms in total. The van der Waals surface area contributed by atoms with Crippen molar-refractivity contribution in [1.29, 1.82) is 0 Å². The van der Waals surface area contributed by atoms with Gasteiger partial charge < -0.3 is 10.1 Å². The molecule has 1 saturated heterocycles. The Morgan fingerprint density at radius 3 is 2.58 bits per heavy atom. The van der Waals surface area contributed by atoms with Crippen molar-refractivity contribution in [3.8, 4) is 0 Å². The summed E-state index contributed by atoms with van der Waals surface area (Å²) in [6.07, 6.45) is -3.87. The van der Waals surface area contributed by atoms with E-state index in [0.717, 1.165) is 17.7 Å². The largest absolute Gasteiger partial charge is 0.416 e. The van der Waals surface area contributed by atoms with Crippen molar-refractivity contribution in [3.05, 3.63) is 65.2 Å². The third-order valence-corrected chi connectivity index (χ3v) is 7.91. The fraction of sp³-hybridized carbons (Fsp3) is 0.478. The molecule has 4 rings (SSSR count). The third kappa shape index (κ3) is 5.65. The molecule has 0 spiro atoms. The number of sulfonamides is 1. The number of fused-ring (bicyclic) bond motifs is 3. The predicted octanol–water partition coefficient (Wildman–Crippen LogP) is 5.26. The molecule has 2 aliphatic rings. The van der Waals surface area contributed by atoms with Crippen LogP contribution >= 0.6 is 11.6 Å². The van der Waals surface area contributed by atoms with Crippen LogP contribution in [0.4, 0.5) is 18.9 Å². The van der Waals surface area contributed by atoms with Gasteiger partial charge in [-0.15, -0.1) is 11.6 Å². The molecular weight excluding hydrogens is 477 g/mol. The number of rotatable bonds is 7. The molecule has 0 radical (unpaired) electrons. The minimum Gasteiger partial charge on any atom is -0.378 e. The zero-order chi connectivity index (χ0) is 23.6. The van der Waals surface area contributed by atoms with Crippen molar-refractivity contribution in [2.24, 2.45) is 5.92 Å². The van der Waals surface area contributed by atoms with Crippen LogP contribution in [-0.2, 0) is 20.9 Å². The first-order valence-electron chi connectivity index (χ1n) is 10.9. The van der Waals surface area contributed by atoms with Gasteiger partial charge in [-0.05, 0) is 43.0 Å². The maximum Gasteiger partial charge on any atom is 0.416 e. The molecule has 10 heteroatoms. The molecular formula is C23H26ClF3N2O3S. The summed E-state index contributed by atoms with van der Waals surface area (Å²) >= 11 is 5.59. The summed E-state index contributed by atoms with van der Waals surface area (Å²) in [7, 11) is -3.49. The summed E-state index contributed by atoms with van der Waals surface area (Å²) in [6.45, 7) is 0.0750. The first-order chi connectivity index (χ1) is 15.7. The van der Waals surface area contributed by atoms with Gasteiger partial charge in [-0.25, -0.2) is 13.1 Å². The zero-order valence-corrected chi connectivity index (χ0v) is 19.4. The van der Waals surface area contributed by atoms with Crippen LogP contribution in [0, 0.1) is 5.92 Å². The average molecular weight is 503 g/mol. The van der Waals surface area contributed by atoms with E-state index in [1.807, 2.05) is 30.3 Å². The molecule has 2 aromatic rings. The molecule has 2 aliphatic heterocycles. The van der Waals surface area contributed by atoms with Gasteiger partial charge in [0.15, 0.2) is 0 Å².